The van der Waals surface area contributed by atoms with Gasteiger partial charge in [-0.2, -0.15) is 0 Å². The molecule has 0 aromatic rings. The number of unbranched alkanes of at least 4 members (excludes halogenated alkanes) is 28. The summed E-state index contributed by atoms with van der Waals surface area (Å²) in [5.74, 6) is -6.27. The highest BCUT2D eigenvalue weighted by molar-refractivity contribution is 7.47. The van der Waals surface area contributed by atoms with Gasteiger partial charge in [0.25, 0.3) is 0 Å². The number of hydrogen-bond acceptors (Lipinski definition) is 16. The molecule has 1 rings (SSSR count). The maximum Gasteiger partial charge on any atom is 0.472 e. The second-order valence-corrected chi connectivity index (χ2v) is 24.0. The highest BCUT2D eigenvalue weighted by atomic mass is 31.2. The van der Waals surface area contributed by atoms with E-state index in [1.807, 2.05) is 0 Å². The normalized spacial score (nSPS) is 15.8. The van der Waals surface area contributed by atoms with Crippen molar-refractivity contribution in [2.24, 2.45) is 0 Å². The van der Waals surface area contributed by atoms with E-state index in [2.05, 4.69) is 19.2 Å². The van der Waals surface area contributed by atoms with Crippen LogP contribution >= 0.6 is 7.82 Å². The van der Waals surface area contributed by atoms with E-state index in [1.165, 1.54) is 135 Å². The SMILES string of the molecule is CCCCCCCCCCCCCCCCCC(=O)OCC(COP(=O)(O)OCCNC(=O)CCC(C(=O)O)N1CCN(CC(=O)O)CCN(CC(=O)O)CCN(CC(=O)O)CC1)OC(=O)CCCCCCCCCCCCCCCCC. The van der Waals surface area contributed by atoms with Crippen molar-refractivity contribution in [2.45, 2.75) is 244 Å². The van der Waals surface area contributed by atoms with Gasteiger partial charge < -0.3 is 40.1 Å². The molecule has 1 heterocycles. The Morgan fingerprint density at radius 3 is 1.17 bits per heavy atom. The Balaban J connectivity index is 2.72. The van der Waals surface area contributed by atoms with Crippen LogP contribution in [-0.2, 0) is 56.6 Å². The van der Waals surface area contributed by atoms with E-state index in [4.69, 9.17) is 18.5 Å². The second kappa shape index (κ2) is 51.5. The van der Waals surface area contributed by atoms with Crippen LogP contribution < -0.4 is 5.32 Å². The molecule has 83 heavy (non-hydrogen) atoms. The minimum Gasteiger partial charge on any atom is -0.480 e. The Hall–Kier alpha value is -3.76. The molecule has 22 nitrogen and oxygen atoms in total. The average molecular weight is 1210 g/mol. The van der Waals surface area contributed by atoms with Crippen molar-refractivity contribution in [3.63, 3.8) is 0 Å². The van der Waals surface area contributed by atoms with E-state index in [-0.39, 0.29) is 97.7 Å². The van der Waals surface area contributed by atoms with Crippen LogP contribution in [0.1, 0.15) is 232 Å². The molecule has 1 amide bonds. The summed E-state index contributed by atoms with van der Waals surface area (Å²) < 4.78 is 34.3. The number of carbonyl (C=O) groups is 7. The average Bonchev–Trinajstić information content (AvgIpc) is 3.45. The largest absolute Gasteiger partial charge is 0.480 e. The van der Waals surface area contributed by atoms with E-state index >= 15 is 0 Å². The fraction of sp³-hybridized carbons (Fsp3) is 0.883. The number of phosphoric ester groups is 1. The standard InChI is InChI=1S/C60H112N5O17P/c1-3-5-7-9-11-13-15-17-19-21-23-25-27-29-31-33-58(73)79-50-52(82-59(74)34-32-30-28-26-24-22-20-18-16-14-12-10-8-6-4-2)51-81-83(77,78)80-46-37-61-54(66)36-35-53(60(75)76)65-44-42-63(48-56(69)70)40-38-62(47-55(67)68)39-41-64(43-45-65)49-57(71)72/h52-53H,3-51H2,1-2H3,(H,61,66)(H,67,68)(H,69,70)(H,71,72)(H,75,76)(H,77,78). The van der Waals surface area contributed by atoms with Crippen molar-refractivity contribution in [1.29, 1.82) is 0 Å². The lowest BCUT2D eigenvalue weighted by Gasteiger charge is -2.35. The summed E-state index contributed by atoms with van der Waals surface area (Å²) in [5, 5.41) is 41.4. The lowest BCUT2D eigenvalue weighted by atomic mass is 10.0. The van der Waals surface area contributed by atoms with Crippen molar-refractivity contribution in [3.8, 4) is 0 Å². The number of nitrogens with one attached hydrogen (secondary N) is 1. The van der Waals surface area contributed by atoms with Gasteiger partial charge in [0.2, 0.25) is 5.91 Å². The van der Waals surface area contributed by atoms with Gasteiger partial charge in [-0.3, -0.25) is 62.2 Å². The molecule has 0 aromatic heterocycles. The van der Waals surface area contributed by atoms with Gasteiger partial charge in [-0.1, -0.05) is 194 Å². The van der Waals surface area contributed by atoms with Crippen molar-refractivity contribution in [3.05, 3.63) is 0 Å². The molecule has 0 spiro atoms. The zero-order valence-electron chi connectivity index (χ0n) is 51.2. The summed E-state index contributed by atoms with van der Waals surface area (Å²) in [5.41, 5.74) is 0. The molecule has 3 atom stereocenters. The Labute approximate surface area is 497 Å². The molecule has 0 bridgehead atoms. The number of amides is 1. The van der Waals surface area contributed by atoms with Crippen LogP contribution in [0.25, 0.3) is 0 Å². The summed E-state index contributed by atoms with van der Waals surface area (Å²) in [4.78, 5) is 103. The first kappa shape index (κ1) is 77.3. The molecule has 3 unspecified atom stereocenters. The molecule has 0 saturated carbocycles. The monoisotopic (exact) mass is 1210 g/mol. The fourth-order valence-electron chi connectivity index (χ4n) is 10.2. The summed E-state index contributed by atoms with van der Waals surface area (Å²) in [7, 11) is -4.80. The number of hydrogen-bond donors (Lipinski definition) is 6. The molecule has 1 aliphatic rings. The molecular weight excluding hydrogens is 1090 g/mol. The van der Waals surface area contributed by atoms with E-state index < -0.39 is 88.0 Å². The molecule has 1 saturated heterocycles. The fourth-order valence-corrected chi connectivity index (χ4v) is 10.9. The van der Waals surface area contributed by atoms with Gasteiger partial charge in [-0.05, 0) is 19.3 Å². The third-order valence-corrected chi connectivity index (χ3v) is 16.1. The second-order valence-electron chi connectivity index (χ2n) is 22.6. The molecule has 0 radical (unpaired) electrons. The van der Waals surface area contributed by atoms with E-state index in [9.17, 15) is 63.4 Å². The van der Waals surface area contributed by atoms with Gasteiger partial charge in [-0.25, -0.2) is 4.57 Å². The molecule has 0 aliphatic carbocycles. The van der Waals surface area contributed by atoms with Gasteiger partial charge in [-0.15, -0.1) is 0 Å². The highest BCUT2D eigenvalue weighted by Crippen LogP contribution is 2.43. The number of carbonyl (C=O) groups excluding carboxylic acids is 3. The molecule has 484 valence electrons. The van der Waals surface area contributed by atoms with E-state index in [0.29, 0.717) is 12.8 Å². The topological polar surface area (TPSA) is 300 Å². The van der Waals surface area contributed by atoms with Gasteiger partial charge >= 0.3 is 43.6 Å². The molecule has 6 N–H and O–H groups in total. The zero-order chi connectivity index (χ0) is 61.2. The first-order valence-electron chi connectivity index (χ1n) is 32.0. The lowest BCUT2D eigenvalue weighted by Crippen LogP contribution is -2.52. The first-order chi connectivity index (χ1) is 39.9. The first-order valence-corrected chi connectivity index (χ1v) is 33.5. The Morgan fingerprint density at radius 1 is 0.458 bits per heavy atom. The van der Waals surface area contributed by atoms with Gasteiger partial charge in [0.05, 0.1) is 32.8 Å². The Bertz CT molecular complexity index is 1750. The predicted octanol–water partition coefficient (Wildman–Crippen LogP) is 9.92. The minimum atomic E-state index is -4.80. The number of carboxylic acids is 4. The van der Waals surface area contributed by atoms with Crippen LogP contribution in [0.4, 0.5) is 0 Å². The third kappa shape index (κ3) is 47.1. The van der Waals surface area contributed by atoms with Crippen LogP contribution in [0.15, 0.2) is 0 Å². The van der Waals surface area contributed by atoms with E-state index in [0.717, 1.165) is 44.9 Å². The van der Waals surface area contributed by atoms with Gasteiger partial charge in [0.15, 0.2) is 6.10 Å². The molecule has 0 aromatic carbocycles. The number of aliphatic carboxylic acids is 4. The number of carboxylic acid groups (broad SMARTS) is 4. The number of ether oxygens (including phenoxy) is 2. The van der Waals surface area contributed by atoms with Gasteiger partial charge in [0, 0.05) is 78.2 Å². The van der Waals surface area contributed by atoms with Crippen LogP contribution in [0, 0.1) is 0 Å². The quantitative estimate of drug-likeness (QED) is 0.0187. The maximum absolute atomic E-state index is 13.0. The summed E-state index contributed by atoms with van der Waals surface area (Å²) in [6.07, 6.45) is 34.2. The molecule has 1 aliphatic heterocycles. The number of esters is 2. The molecule has 1 fully saturated rings. The van der Waals surface area contributed by atoms with E-state index in [1.54, 1.807) is 19.6 Å². The van der Waals surface area contributed by atoms with Gasteiger partial charge in [0.1, 0.15) is 12.6 Å². The molecular formula is C60H112N5O17P. The van der Waals surface area contributed by atoms with Crippen molar-refractivity contribution in [2.75, 3.05) is 98.4 Å². The summed E-state index contributed by atoms with van der Waals surface area (Å²) >= 11 is 0. The van der Waals surface area contributed by atoms with Crippen LogP contribution in [0.5, 0.6) is 0 Å². The van der Waals surface area contributed by atoms with Crippen molar-refractivity contribution >= 4 is 49.5 Å². The van der Waals surface area contributed by atoms with Crippen molar-refractivity contribution < 1.29 is 82.0 Å². The maximum atomic E-state index is 13.0. The Kier molecular flexibility index (Phi) is 47.9. The Morgan fingerprint density at radius 2 is 0.807 bits per heavy atom. The minimum absolute atomic E-state index is 0.0346. The number of rotatable bonds is 53. The van der Waals surface area contributed by atoms with Crippen molar-refractivity contribution in [1.82, 2.24) is 24.9 Å². The zero-order valence-corrected chi connectivity index (χ0v) is 52.1. The number of nitrogens with zero attached hydrogens (tertiary/aromatic N) is 4. The van der Waals surface area contributed by atoms with Crippen LogP contribution in [0.3, 0.4) is 0 Å². The smallest absolute Gasteiger partial charge is 0.472 e. The molecule has 23 heteroatoms. The third-order valence-electron chi connectivity index (χ3n) is 15.1. The van der Waals surface area contributed by atoms with Crippen LogP contribution in [-0.4, -0.2) is 197 Å². The lowest BCUT2D eigenvalue weighted by molar-refractivity contribution is -0.161. The van der Waals surface area contributed by atoms with Crippen LogP contribution in [0.2, 0.25) is 0 Å². The number of phosphoric acid groups is 1. The summed E-state index contributed by atoms with van der Waals surface area (Å²) in [6.45, 7) is 2.43. The summed E-state index contributed by atoms with van der Waals surface area (Å²) in [6, 6.07) is -1.24. The highest BCUT2D eigenvalue weighted by Gasteiger charge is 2.30. The predicted molar refractivity (Wildman–Crippen MR) is 319 cm³/mol.